The predicted molar refractivity (Wildman–Crippen MR) is 48.1 cm³/mol. The van der Waals surface area contributed by atoms with E-state index >= 15 is 0 Å². The molecule has 0 spiro atoms. The van der Waals surface area contributed by atoms with E-state index in [2.05, 4.69) is 18.8 Å². The molecule has 0 aromatic carbocycles. The van der Waals surface area contributed by atoms with Gasteiger partial charge in [-0.2, -0.15) is 0 Å². The van der Waals surface area contributed by atoms with Crippen molar-refractivity contribution in [3.8, 4) is 0 Å². The van der Waals surface area contributed by atoms with Crippen molar-refractivity contribution in [3.05, 3.63) is 30.4 Å². The lowest BCUT2D eigenvalue weighted by Crippen LogP contribution is -1.90. The second kappa shape index (κ2) is 2.63. The molecule has 2 nitrogen and oxygen atoms in total. The lowest BCUT2D eigenvalue weighted by molar-refractivity contribution is 0.571. The van der Waals surface area contributed by atoms with Crippen LogP contribution in [0, 0.1) is 0 Å². The predicted octanol–water partition coefficient (Wildman–Crippen LogP) is 2.95. The molecule has 0 radical (unpaired) electrons. The number of hydrogen-bond acceptors (Lipinski definition) is 2. The summed E-state index contributed by atoms with van der Waals surface area (Å²) in [5.74, 6) is 0.476. The maximum atomic E-state index is 5.04. The minimum atomic E-state index is 0.476. The molecule has 0 aliphatic carbocycles. The van der Waals surface area contributed by atoms with Crippen LogP contribution < -0.4 is 0 Å². The van der Waals surface area contributed by atoms with Gasteiger partial charge in [0.25, 0.3) is 0 Å². The molecule has 0 unspecified atom stereocenters. The van der Waals surface area contributed by atoms with Crippen molar-refractivity contribution in [1.29, 1.82) is 0 Å². The van der Waals surface area contributed by atoms with Gasteiger partial charge >= 0.3 is 0 Å². The molecule has 62 valence electrons. The van der Waals surface area contributed by atoms with Gasteiger partial charge in [0.2, 0.25) is 0 Å². The van der Waals surface area contributed by atoms with E-state index in [1.54, 1.807) is 12.5 Å². The number of rotatable bonds is 1. The zero-order chi connectivity index (χ0) is 8.55. The summed E-state index contributed by atoms with van der Waals surface area (Å²) in [6.45, 7) is 4.27. The van der Waals surface area contributed by atoms with Crippen LogP contribution in [0.2, 0.25) is 0 Å². The minimum absolute atomic E-state index is 0.476. The Kier molecular flexibility index (Phi) is 1.61. The Morgan fingerprint density at radius 1 is 1.25 bits per heavy atom. The first-order valence-corrected chi connectivity index (χ1v) is 4.10. The molecule has 0 amide bonds. The third-order valence-corrected chi connectivity index (χ3v) is 1.95. The molecule has 0 atom stereocenters. The molecular formula is C10H11NO. The van der Waals surface area contributed by atoms with Gasteiger partial charge in [-0.3, -0.25) is 0 Å². The zero-order valence-corrected chi connectivity index (χ0v) is 7.24. The molecule has 0 saturated carbocycles. The molecule has 0 aliphatic heterocycles. The molecule has 0 aliphatic rings. The van der Waals surface area contributed by atoms with Crippen molar-refractivity contribution in [3.63, 3.8) is 0 Å². The van der Waals surface area contributed by atoms with E-state index in [4.69, 9.17) is 4.42 Å². The quantitative estimate of drug-likeness (QED) is 0.642. The van der Waals surface area contributed by atoms with Gasteiger partial charge in [-0.1, -0.05) is 13.8 Å². The number of furan rings is 1. The summed E-state index contributed by atoms with van der Waals surface area (Å²) in [4.78, 5) is 4.44. The van der Waals surface area contributed by atoms with E-state index < -0.39 is 0 Å². The molecule has 0 bridgehead atoms. The van der Waals surface area contributed by atoms with E-state index in [1.807, 2.05) is 12.1 Å². The maximum Gasteiger partial charge on any atom is 0.117 e. The lowest BCUT2D eigenvalue weighted by atomic mass is 10.1. The normalized spacial score (nSPS) is 11.2. The molecule has 2 aromatic rings. The Morgan fingerprint density at radius 3 is 2.83 bits per heavy atom. The molecule has 0 fully saturated rings. The van der Waals surface area contributed by atoms with Crippen molar-refractivity contribution in [2.75, 3.05) is 0 Å². The Hall–Kier alpha value is -1.31. The second-order valence-corrected chi connectivity index (χ2v) is 3.24. The Morgan fingerprint density at radius 2 is 2.08 bits per heavy atom. The van der Waals surface area contributed by atoms with E-state index in [-0.39, 0.29) is 0 Å². The fourth-order valence-corrected chi connectivity index (χ4v) is 1.19. The summed E-state index contributed by atoms with van der Waals surface area (Å²) >= 11 is 0. The highest BCUT2D eigenvalue weighted by Gasteiger charge is 2.02. The molecule has 2 heterocycles. The number of nitrogens with zero attached hydrogens (tertiary/aromatic N) is 1. The Labute approximate surface area is 71.2 Å². The smallest absolute Gasteiger partial charge is 0.117 e. The summed E-state index contributed by atoms with van der Waals surface area (Å²) in [6.07, 6.45) is 3.40. The highest BCUT2D eigenvalue weighted by atomic mass is 16.3. The van der Waals surface area contributed by atoms with Crippen LogP contribution in [0.15, 0.2) is 29.1 Å². The van der Waals surface area contributed by atoms with Crippen LogP contribution in [-0.2, 0) is 0 Å². The summed E-state index contributed by atoms with van der Waals surface area (Å²) in [6, 6.07) is 4.09. The van der Waals surface area contributed by atoms with Crippen LogP contribution in [0.5, 0.6) is 0 Å². The fraction of sp³-hybridized carbons (Fsp3) is 0.300. The molecule has 2 rings (SSSR count). The van der Waals surface area contributed by atoms with Crippen LogP contribution in [0.4, 0.5) is 0 Å². The highest BCUT2D eigenvalue weighted by molar-refractivity contribution is 5.76. The van der Waals surface area contributed by atoms with Crippen molar-refractivity contribution in [1.82, 2.24) is 4.98 Å². The minimum Gasteiger partial charge on any atom is -0.470 e. The van der Waals surface area contributed by atoms with Crippen LogP contribution >= 0.6 is 0 Å². The third-order valence-electron chi connectivity index (χ3n) is 1.95. The average Bonchev–Trinajstić information content (AvgIpc) is 2.49. The third kappa shape index (κ3) is 1.09. The molecule has 12 heavy (non-hydrogen) atoms. The topological polar surface area (TPSA) is 26.0 Å². The Bertz CT molecular complexity index is 389. The lowest BCUT2D eigenvalue weighted by Gasteiger charge is -2.02. The molecular weight excluding hydrogens is 150 g/mol. The van der Waals surface area contributed by atoms with E-state index in [1.165, 1.54) is 0 Å². The monoisotopic (exact) mass is 161 g/mol. The number of pyridine rings is 1. The van der Waals surface area contributed by atoms with Gasteiger partial charge in [0, 0.05) is 11.1 Å². The largest absolute Gasteiger partial charge is 0.470 e. The summed E-state index contributed by atoms with van der Waals surface area (Å²) in [5, 5.41) is 1.07. The standard InChI is InChI=1S/C10H11NO/c1-7(2)9-4-3-8-5-12-6-10(8)11-9/h3-7H,1-2H3. The highest BCUT2D eigenvalue weighted by Crippen LogP contribution is 2.17. The number of hydrogen-bond donors (Lipinski definition) is 0. The molecule has 0 N–H and O–H groups in total. The number of fused-ring (bicyclic) bond motifs is 1. The van der Waals surface area contributed by atoms with Gasteiger partial charge in [-0.05, 0) is 18.1 Å². The van der Waals surface area contributed by atoms with Crippen molar-refractivity contribution in [2.24, 2.45) is 0 Å². The molecule has 2 heteroatoms. The summed E-state index contributed by atoms with van der Waals surface area (Å²) in [7, 11) is 0. The van der Waals surface area contributed by atoms with Crippen LogP contribution in [0.3, 0.4) is 0 Å². The first-order valence-electron chi connectivity index (χ1n) is 4.10. The molecule has 2 aromatic heterocycles. The van der Waals surface area contributed by atoms with Gasteiger partial charge in [0.05, 0.1) is 6.26 Å². The van der Waals surface area contributed by atoms with Gasteiger partial charge in [-0.15, -0.1) is 0 Å². The van der Waals surface area contributed by atoms with E-state index in [9.17, 15) is 0 Å². The SMILES string of the molecule is CC(C)c1ccc2cocc2n1. The summed E-state index contributed by atoms with van der Waals surface area (Å²) in [5.41, 5.74) is 2.06. The van der Waals surface area contributed by atoms with Crippen molar-refractivity contribution in [2.45, 2.75) is 19.8 Å². The Balaban J connectivity index is 2.60. The van der Waals surface area contributed by atoms with Gasteiger partial charge < -0.3 is 4.42 Å². The fourth-order valence-electron chi connectivity index (χ4n) is 1.19. The van der Waals surface area contributed by atoms with E-state index in [0.29, 0.717) is 5.92 Å². The van der Waals surface area contributed by atoms with E-state index in [0.717, 1.165) is 16.6 Å². The first kappa shape index (κ1) is 7.35. The summed E-state index contributed by atoms with van der Waals surface area (Å²) < 4.78 is 5.04. The average molecular weight is 161 g/mol. The van der Waals surface area contributed by atoms with Crippen LogP contribution in [0.25, 0.3) is 10.9 Å². The van der Waals surface area contributed by atoms with Gasteiger partial charge in [0.15, 0.2) is 0 Å². The van der Waals surface area contributed by atoms with Crippen LogP contribution in [0.1, 0.15) is 25.5 Å². The van der Waals surface area contributed by atoms with Crippen molar-refractivity contribution < 1.29 is 4.42 Å². The van der Waals surface area contributed by atoms with Gasteiger partial charge in [-0.25, -0.2) is 4.98 Å². The molecule has 0 saturated heterocycles. The zero-order valence-electron chi connectivity index (χ0n) is 7.24. The second-order valence-electron chi connectivity index (χ2n) is 3.24. The maximum absolute atomic E-state index is 5.04. The van der Waals surface area contributed by atoms with Gasteiger partial charge in [0.1, 0.15) is 11.8 Å². The van der Waals surface area contributed by atoms with Crippen LogP contribution in [-0.4, -0.2) is 4.98 Å². The number of aromatic nitrogens is 1. The van der Waals surface area contributed by atoms with Crippen molar-refractivity contribution >= 4 is 10.9 Å². The first-order chi connectivity index (χ1) is 5.77.